The van der Waals surface area contributed by atoms with Crippen molar-refractivity contribution in [2.45, 2.75) is 6.54 Å². The topological polar surface area (TPSA) is 77.4 Å². The molecule has 0 unspecified atom stereocenters. The van der Waals surface area contributed by atoms with Gasteiger partial charge in [0.1, 0.15) is 0 Å². The average Bonchev–Trinajstić information content (AvgIpc) is 3.20. The van der Waals surface area contributed by atoms with E-state index in [0.29, 0.717) is 28.8 Å². The molecule has 0 aliphatic rings. The van der Waals surface area contributed by atoms with E-state index in [-0.39, 0.29) is 6.03 Å². The van der Waals surface area contributed by atoms with Crippen molar-refractivity contribution in [1.82, 2.24) is 15.1 Å². The molecule has 8 heteroatoms. The third-order valence-corrected chi connectivity index (χ3v) is 4.16. The number of rotatable bonds is 6. The maximum Gasteiger partial charge on any atom is 0.319 e. The standard InChI is InChI=1S/C19H19ClN4O3/c1-26-17-7-4-13(10-18(17)27-2)12-21-19(25)23-14-5-6-16(15(20)11-14)24-9-3-8-22-24/h3-11H,12H2,1-2H3,(H2,21,23,25). The first-order valence-corrected chi connectivity index (χ1v) is 8.54. The second-order valence-electron chi connectivity index (χ2n) is 5.61. The Balaban J connectivity index is 1.60. The molecule has 1 aromatic heterocycles. The number of urea groups is 1. The molecule has 7 nitrogen and oxygen atoms in total. The molecule has 2 amide bonds. The Morgan fingerprint density at radius 1 is 1.15 bits per heavy atom. The van der Waals surface area contributed by atoms with Gasteiger partial charge in [0.25, 0.3) is 0 Å². The lowest BCUT2D eigenvalue weighted by Crippen LogP contribution is -2.28. The van der Waals surface area contributed by atoms with E-state index in [2.05, 4.69) is 15.7 Å². The summed E-state index contributed by atoms with van der Waals surface area (Å²) in [6.07, 6.45) is 3.47. The number of ether oxygens (including phenoxy) is 2. The van der Waals surface area contributed by atoms with Gasteiger partial charge in [-0.3, -0.25) is 0 Å². The summed E-state index contributed by atoms with van der Waals surface area (Å²) in [5.41, 5.74) is 2.20. The number of benzene rings is 2. The number of hydrogen-bond donors (Lipinski definition) is 2. The lowest BCUT2D eigenvalue weighted by atomic mass is 10.2. The van der Waals surface area contributed by atoms with Crippen molar-refractivity contribution in [2.75, 3.05) is 19.5 Å². The summed E-state index contributed by atoms with van der Waals surface area (Å²) in [5, 5.41) is 10.2. The summed E-state index contributed by atoms with van der Waals surface area (Å²) in [6, 6.07) is 12.2. The largest absolute Gasteiger partial charge is 0.493 e. The normalized spacial score (nSPS) is 10.3. The van der Waals surface area contributed by atoms with Crippen molar-refractivity contribution in [1.29, 1.82) is 0 Å². The first-order chi connectivity index (χ1) is 13.1. The zero-order valence-corrected chi connectivity index (χ0v) is 15.7. The third-order valence-electron chi connectivity index (χ3n) is 3.86. The Morgan fingerprint density at radius 2 is 1.96 bits per heavy atom. The molecule has 0 bridgehead atoms. The van der Waals surface area contributed by atoms with Crippen LogP contribution in [0.3, 0.4) is 0 Å². The molecule has 2 aromatic carbocycles. The molecule has 0 aliphatic heterocycles. The van der Waals surface area contributed by atoms with Gasteiger partial charge in [0.15, 0.2) is 11.5 Å². The van der Waals surface area contributed by atoms with Crippen molar-refractivity contribution in [3.63, 3.8) is 0 Å². The van der Waals surface area contributed by atoms with Crippen molar-refractivity contribution < 1.29 is 14.3 Å². The van der Waals surface area contributed by atoms with E-state index in [1.54, 1.807) is 55.6 Å². The fraction of sp³-hybridized carbons (Fsp3) is 0.158. The molecule has 27 heavy (non-hydrogen) atoms. The Bertz CT molecular complexity index is 929. The van der Waals surface area contributed by atoms with Crippen LogP contribution in [0, 0.1) is 0 Å². The Labute approximate surface area is 161 Å². The number of aromatic nitrogens is 2. The number of halogens is 1. The van der Waals surface area contributed by atoms with E-state index in [1.807, 2.05) is 18.2 Å². The van der Waals surface area contributed by atoms with Gasteiger partial charge in [0.05, 0.1) is 24.9 Å². The molecule has 0 saturated heterocycles. The zero-order valence-electron chi connectivity index (χ0n) is 14.9. The Morgan fingerprint density at radius 3 is 2.63 bits per heavy atom. The van der Waals surface area contributed by atoms with Crippen molar-refractivity contribution in [2.24, 2.45) is 0 Å². The fourth-order valence-corrected chi connectivity index (χ4v) is 2.80. The summed E-state index contributed by atoms with van der Waals surface area (Å²) < 4.78 is 12.1. The molecule has 0 fully saturated rings. The summed E-state index contributed by atoms with van der Waals surface area (Å²) in [5.74, 6) is 1.25. The van der Waals surface area contributed by atoms with E-state index < -0.39 is 0 Å². The van der Waals surface area contributed by atoms with E-state index in [1.165, 1.54) is 0 Å². The number of amides is 2. The number of carbonyl (C=O) groups excluding carboxylic acids is 1. The van der Waals surface area contributed by atoms with Crippen LogP contribution in [0.4, 0.5) is 10.5 Å². The van der Waals surface area contributed by atoms with Crippen LogP contribution in [-0.4, -0.2) is 30.0 Å². The minimum Gasteiger partial charge on any atom is -0.493 e. The van der Waals surface area contributed by atoms with Gasteiger partial charge in [0, 0.05) is 24.6 Å². The van der Waals surface area contributed by atoms with Crippen LogP contribution < -0.4 is 20.1 Å². The predicted octanol–water partition coefficient (Wildman–Crippen LogP) is 3.86. The molecule has 0 spiro atoms. The fourth-order valence-electron chi connectivity index (χ4n) is 2.53. The molecule has 1 heterocycles. The van der Waals surface area contributed by atoms with Crippen LogP contribution in [0.25, 0.3) is 5.69 Å². The third kappa shape index (κ3) is 4.51. The van der Waals surface area contributed by atoms with Crippen molar-refractivity contribution in [3.8, 4) is 17.2 Å². The highest BCUT2D eigenvalue weighted by Crippen LogP contribution is 2.27. The molecule has 2 N–H and O–H groups in total. The maximum absolute atomic E-state index is 12.1. The van der Waals surface area contributed by atoms with Gasteiger partial charge in [-0.15, -0.1) is 0 Å². The second kappa shape index (κ2) is 8.46. The summed E-state index contributed by atoms with van der Waals surface area (Å²) in [6.45, 7) is 0.339. The van der Waals surface area contributed by atoms with Crippen LogP contribution in [0.2, 0.25) is 5.02 Å². The molecule has 0 radical (unpaired) electrons. The second-order valence-corrected chi connectivity index (χ2v) is 6.02. The van der Waals surface area contributed by atoms with Gasteiger partial charge in [0.2, 0.25) is 0 Å². The first kappa shape index (κ1) is 18.6. The minimum absolute atomic E-state index is 0.339. The predicted molar refractivity (Wildman–Crippen MR) is 104 cm³/mol. The van der Waals surface area contributed by atoms with Crippen LogP contribution in [0.15, 0.2) is 54.9 Å². The van der Waals surface area contributed by atoms with Gasteiger partial charge in [-0.1, -0.05) is 17.7 Å². The van der Waals surface area contributed by atoms with Crippen molar-refractivity contribution in [3.05, 3.63) is 65.4 Å². The van der Waals surface area contributed by atoms with Crippen LogP contribution >= 0.6 is 11.6 Å². The molecule has 140 valence electrons. The number of anilines is 1. The van der Waals surface area contributed by atoms with Crippen molar-refractivity contribution >= 4 is 23.3 Å². The van der Waals surface area contributed by atoms with E-state index in [0.717, 1.165) is 11.3 Å². The Hall–Kier alpha value is -3.19. The number of hydrogen-bond acceptors (Lipinski definition) is 4. The monoisotopic (exact) mass is 386 g/mol. The highest BCUT2D eigenvalue weighted by Gasteiger charge is 2.08. The molecule has 3 rings (SSSR count). The van der Waals surface area contributed by atoms with E-state index in [9.17, 15) is 4.79 Å². The number of nitrogens with zero attached hydrogens (tertiary/aromatic N) is 2. The van der Waals surface area contributed by atoms with Gasteiger partial charge >= 0.3 is 6.03 Å². The smallest absolute Gasteiger partial charge is 0.319 e. The molecule has 0 saturated carbocycles. The quantitative estimate of drug-likeness (QED) is 0.674. The van der Waals surface area contributed by atoms with Gasteiger partial charge in [-0.25, -0.2) is 9.48 Å². The zero-order chi connectivity index (χ0) is 19.2. The lowest BCUT2D eigenvalue weighted by molar-refractivity contribution is 0.251. The number of carbonyl (C=O) groups is 1. The highest BCUT2D eigenvalue weighted by molar-refractivity contribution is 6.32. The molecule has 0 aliphatic carbocycles. The van der Waals surface area contributed by atoms with Gasteiger partial charge < -0.3 is 20.1 Å². The average molecular weight is 387 g/mol. The SMILES string of the molecule is COc1ccc(CNC(=O)Nc2ccc(-n3cccn3)c(Cl)c2)cc1OC. The Kier molecular flexibility index (Phi) is 5.83. The van der Waals surface area contributed by atoms with Crippen LogP contribution in [0.1, 0.15) is 5.56 Å². The van der Waals surface area contributed by atoms with Gasteiger partial charge in [-0.05, 0) is 42.0 Å². The summed E-state index contributed by atoms with van der Waals surface area (Å²) in [4.78, 5) is 12.1. The van der Waals surface area contributed by atoms with Crippen LogP contribution in [-0.2, 0) is 6.54 Å². The van der Waals surface area contributed by atoms with E-state index in [4.69, 9.17) is 21.1 Å². The lowest BCUT2D eigenvalue weighted by Gasteiger charge is -2.12. The molecular weight excluding hydrogens is 368 g/mol. The highest BCUT2D eigenvalue weighted by atomic mass is 35.5. The number of methoxy groups -OCH3 is 2. The number of nitrogens with one attached hydrogen (secondary N) is 2. The molecule has 0 atom stereocenters. The van der Waals surface area contributed by atoms with E-state index >= 15 is 0 Å². The minimum atomic E-state index is -0.340. The first-order valence-electron chi connectivity index (χ1n) is 8.16. The summed E-state index contributed by atoms with van der Waals surface area (Å²) in [7, 11) is 3.14. The van der Waals surface area contributed by atoms with Gasteiger partial charge in [-0.2, -0.15) is 5.10 Å². The molecular formula is C19H19ClN4O3. The van der Waals surface area contributed by atoms with Crippen LogP contribution in [0.5, 0.6) is 11.5 Å². The maximum atomic E-state index is 12.1. The summed E-state index contributed by atoms with van der Waals surface area (Å²) >= 11 is 6.28. The molecule has 3 aromatic rings.